The first kappa shape index (κ1) is 17.8. The van der Waals surface area contributed by atoms with Crippen LogP contribution >= 0.6 is 11.6 Å². The number of nitrogens with zero attached hydrogens (tertiary/aromatic N) is 2. The molecule has 1 aromatic heterocycles. The zero-order chi connectivity index (χ0) is 18.5. The highest BCUT2D eigenvalue weighted by Crippen LogP contribution is 2.23. The van der Waals surface area contributed by atoms with Gasteiger partial charge in [-0.25, -0.2) is 14.4 Å². The summed E-state index contributed by atoms with van der Waals surface area (Å²) in [4.78, 5) is 20.5. The van der Waals surface area contributed by atoms with Crippen molar-refractivity contribution in [2.24, 2.45) is 0 Å². The number of carbonyl (C=O) groups excluding carboxylic acids is 1. The second-order valence-electron chi connectivity index (χ2n) is 5.61. The summed E-state index contributed by atoms with van der Waals surface area (Å²) in [6.07, 6.45) is 2.82. The van der Waals surface area contributed by atoms with Crippen LogP contribution in [-0.4, -0.2) is 15.9 Å². The van der Waals surface area contributed by atoms with Crippen LogP contribution in [0.4, 0.5) is 16.0 Å². The predicted octanol–water partition coefficient (Wildman–Crippen LogP) is 4.44. The van der Waals surface area contributed by atoms with E-state index in [0.29, 0.717) is 27.8 Å². The third-order valence-electron chi connectivity index (χ3n) is 3.82. The molecule has 0 aliphatic rings. The Labute approximate surface area is 155 Å². The minimum Gasteiger partial charge on any atom is -0.350 e. The monoisotopic (exact) mass is 370 g/mol. The van der Waals surface area contributed by atoms with Crippen molar-refractivity contribution in [3.8, 4) is 0 Å². The predicted molar refractivity (Wildman–Crippen MR) is 99.9 cm³/mol. The molecule has 3 rings (SSSR count). The largest absolute Gasteiger partial charge is 0.350 e. The summed E-state index contributed by atoms with van der Waals surface area (Å²) in [7, 11) is 0. The van der Waals surface area contributed by atoms with E-state index in [9.17, 15) is 9.18 Å². The summed E-state index contributed by atoms with van der Waals surface area (Å²) in [5.41, 5.74) is 2.23. The van der Waals surface area contributed by atoms with E-state index in [-0.39, 0.29) is 18.3 Å². The van der Waals surface area contributed by atoms with Gasteiger partial charge in [0, 0.05) is 35.2 Å². The van der Waals surface area contributed by atoms with Gasteiger partial charge in [-0.15, -0.1) is 0 Å². The number of nitrogens with one attached hydrogen (secondary N) is 2. The van der Waals surface area contributed by atoms with Crippen molar-refractivity contribution in [2.75, 3.05) is 10.6 Å². The van der Waals surface area contributed by atoms with E-state index in [1.54, 1.807) is 36.4 Å². The summed E-state index contributed by atoms with van der Waals surface area (Å²) in [6.45, 7) is 2.07. The third-order valence-corrected chi connectivity index (χ3v) is 4.23. The maximum atomic E-state index is 13.6. The van der Waals surface area contributed by atoms with Crippen LogP contribution in [0.3, 0.4) is 0 Å². The normalized spacial score (nSPS) is 10.4. The van der Waals surface area contributed by atoms with Crippen molar-refractivity contribution >= 4 is 29.1 Å². The Morgan fingerprint density at radius 1 is 1.12 bits per heavy atom. The molecule has 26 heavy (non-hydrogen) atoms. The molecule has 0 aliphatic heterocycles. The highest BCUT2D eigenvalue weighted by Gasteiger charge is 2.10. The van der Waals surface area contributed by atoms with Crippen LogP contribution in [0.25, 0.3) is 0 Å². The minimum atomic E-state index is -0.337. The maximum Gasteiger partial charge on any atom is 0.258 e. The van der Waals surface area contributed by atoms with Crippen molar-refractivity contribution in [2.45, 2.75) is 13.5 Å². The van der Waals surface area contributed by atoms with Crippen LogP contribution in [0, 0.1) is 12.7 Å². The molecule has 5 nitrogen and oxygen atoms in total. The fourth-order valence-corrected chi connectivity index (χ4v) is 2.46. The highest BCUT2D eigenvalue weighted by molar-refractivity contribution is 6.31. The molecule has 0 fully saturated rings. The Balaban J connectivity index is 1.64. The van der Waals surface area contributed by atoms with Gasteiger partial charge < -0.3 is 10.6 Å². The number of carbonyl (C=O) groups is 1. The van der Waals surface area contributed by atoms with Crippen LogP contribution in [-0.2, 0) is 6.54 Å². The number of aromatic nitrogens is 2. The molecule has 0 bridgehead atoms. The lowest BCUT2D eigenvalue weighted by molar-refractivity contribution is 0.102. The quantitative estimate of drug-likeness (QED) is 0.696. The summed E-state index contributed by atoms with van der Waals surface area (Å²) in [5, 5.41) is 6.28. The van der Waals surface area contributed by atoms with Crippen LogP contribution in [0.2, 0.25) is 5.02 Å². The van der Waals surface area contributed by atoms with Gasteiger partial charge in [0.2, 0.25) is 5.95 Å². The average molecular weight is 371 g/mol. The molecule has 2 aromatic carbocycles. The van der Waals surface area contributed by atoms with Gasteiger partial charge in [0.15, 0.2) is 0 Å². The van der Waals surface area contributed by atoms with Gasteiger partial charge in [-0.05, 0) is 30.7 Å². The molecule has 132 valence electrons. The Kier molecular flexibility index (Phi) is 5.43. The van der Waals surface area contributed by atoms with E-state index < -0.39 is 0 Å². The molecule has 0 saturated carbocycles. The molecule has 0 saturated heterocycles. The standard InChI is InChI=1S/C19H16ClFN4O/c1-12-15(20)6-4-8-17(12)25-18(26)14-10-23-19(24-11-14)22-9-13-5-2-3-7-16(13)21/h2-8,10-11H,9H2,1H3,(H,25,26)(H,22,23,24). The van der Waals surface area contributed by atoms with Crippen molar-refractivity contribution in [1.82, 2.24) is 9.97 Å². The summed E-state index contributed by atoms with van der Waals surface area (Å²) >= 11 is 6.05. The van der Waals surface area contributed by atoms with Crippen molar-refractivity contribution in [1.29, 1.82) is 0 Å². The van der Waals surface area contributed by atoms with Crippen LogP contribution in [0.5, 0.6) is 0 Å². The first-order valence-electron chi connectivity index (χ1n) is 7.90. The Morgan fingerprint density at radius 3 is 2.58 bits per heavy atom. The number of hydrogen-bond donors (Lipinski definition) is 2. The Hall–Kier alpha value is -2.99. The molecule has 2 N–H and O–H groups in total. The molecular weight excluding hydrogens is 355 g/mol. The first-order chi connectivity index (χ1) is 12.5. The van der Waals surface area contributed by atoms with Gasteiger partial charge in [-0.2, -0.15) is 0 Å². The van der Waals surface area contributed by atoms with Crippen LogP contribution in [0.1, 0.15) is 21.5 Å². The first-order valence-corrected chi connectivity index (χ1v) is 8.28. The summed E-state index contributed by atoms with van der Waals surface area (Å²) in [6, 6.07) is 11.7. The molecule has 1 heterocycles. The summed E-state index contributed by atoms with van der Waals surface area (Å²) < 4.78 is 13.6. The topological polar surface area (TPSA) is 66.9 Å². The van der Waals surface area contributed by atoms with Gasteiger partial charge in [0.05, 0.1) is 5.56 Å². The van der Waals surface area contributed by atoms with E-state index >= 15 is 0 Å². The van der Waals surface area contributed by atoms with E-state index in [0.717, 1.165) is 5.56 Å². The lowest BCUT2D eigenvalue weighted by atomic mass is 10.2. The second-order valence-corrected chi connectivity index (χ2v) is 6.01. The fourth-order valence-electron chi connectivity index (χ4n) is 2.29. The molecule has 7 heteroatoms. The SMILES string of the molecule is Cc1c(Cl)cccc1NC(=O)c1cnc(NCc2ccccc2F)nc1. The number of halogens is 2. The Bertz CT molecular complexity index is 931. The zero-order valence-electron chi connectivity index (χ0n) is 14.0. The van der Waals surface area contributed by atoms with Gasteiger partial charge in [0.25, 0.3) is 5.91 Å². The molecule has 0 radical (unpaired) electrons. The van der Waals surface area contributed by atoms with Gasteiger partial charge in [0.1, 0.15) is 5.82 Å². The van der Waals surface area contributed by atoms with Crippen molar-refractivity contribution < 1.29 is 9.18 Å². The lowest BCUT2D eigenvalue weighted by Crippen LogP contribution is -2.14. The maximum absolute atomic E-state index is 13.6. The van der Waals surface area contributed by atoms with Crippen LogP contribution < -0.4 is 10.6 Å². The second kappa shape index (κ2) is 7.93. The fraction of sp³-hybridized carbons (Fsp3) is 0.105. The molecule has 1 amide bonds. The molecule has 0 aliphatic carbocycles. The lowest BCUT2D eigenvalue weighted by Gasteiger charge is -2.10. The number of amides is 1. The Morgan fingerprint density at radius 2 is 1.85 bits per heavy atom. The average Bonchev–Trinajstić information content (AvgIpc) is 2.65. The number of anilines is 2. The van der Waals surface area contributed by atoms with Crippen LogP contribution in [0.15, 0.2) is 54.9 Å². The van der Waals surface area contributed by atoms with E-state index in [1.165, 1.54) is 18.5 Å². The van der Waals surface area contributed by atoms with Crippen molar-refractivity contribution in [3.05, 3.63) is 82.4 Å². The zero-order valence-corrected chi connectivity index (χ0v) is 14.7. The number of rotatable bonds is 5. The number of hydrogen-bond acceptors (Lipinski definition) is 4. The smallest absolute Gasteiger partial charge is 0.258 e. The van der Waals surface area contributed by atoms with Crippen molar-refractivity contribution in [3.63, 3.8) is 0 Å². The number of benzene rings is 2. The molecular formula is C19H16ClFN4O. The molecule has 0 atom stereocenters. The van der Waals surface area contributed by atoms with Gasteiger partial charge in [-0.3, -0.25) is 4.79 Å². The molecule has 3 aromatic rings. The highest BCUT2D eigenvalue weighted by atomic mass is 35.5. The van der Waals surface area contributed by atoms with Gasteiger partial charge in [-0.1, -0.05) is 35.9 Å². The molecule has 0 spiro atoms. The van der Waals surface area contributed by atoms with Gasteiger partial charge >= 0.3 is 0 Å². The molecule has 0 unspecified atom stereocenters. The van der Waals surface area contributed by atoms with E-state index in [1.807, 2.05) is 6.92 Å². The summed E-state index contributed by atoms with van der Waals surface area (Å²) in [5.74, 6) is -0.326. The van der Waals surface area contributed by atoms with E-state index in [2.05, 4.69) is 20.6 Å². The third kappa shape index (κ3) is 4.15. The minimum absolute atomic E-state index is 0.250. The van der Waals surface area contributed by atoms with E-state index in [4.69, 9.17) is 11.6 Å².